The Hall–Kier alpha value is -2.18. The van der Waals surface area contributed by atoms with Crippen molar-refractivity contribution in [1.82, 2.24) is 0 Å². The van der Waals surface area contributed by atoms with Crippen molar-refractivity contribution in [2.45, 2.75) is 180 Å². The summed E-state index contributed by atoms with van der Waals surface area (Å²) in [5, 5.41) is 9.74. The molecule has 0 heterocycles. The molecule has 3 atom stereocenters. The lowest BCUT2D eigenvalue weighted by molar-refractivity contribution is -0.161. The van der Waals surface area contributed by atoms with Crippen LogP contribution in [0, 0.1) is 0 Å². The number of allylic oxidation sites excluding steroid dienone is 10. The normalized spacial score (nSPS) is 14.6. The van der Waals surface area contributed by atoms with Crippen LogP contribution in [-0.4, -0.2) is 70.4 Å². The summed E-state index contributed by atoms with van der Waals surface area (Å²) in [6.07, 6.45) is 42.3. The fourth-order valence-corrected chi connectivity index (χ4v) is 6.72. The van der Waals surface area contributed by atoms with Gasteiger partial charge in [-0.1, -0.05) is 164 Å². The number of hydrogen-bond acceptors (Lipinski definition) is 10. The van der Waals surface area contributed by atoms with Gasteiger partial charge in [0.1, 0.15) is 12.7 Å². The van der Waals surface area contributed by atoms with Gasteiger partial charge < -0.3 is 29.3 Å². The number of aliphatic hydroxyl groups is 1. The minimum atomic E-state index is -4.87. The maximum Gasteiger partial charge on any atom is 0.472 e. The predicted octanol–water partition coefficient (Wildman–Crippen LogP) is 11.2. The second kappa shape index (κ2) is 39.9. The van der Waals surface area contributed by atoms with Crippen molar-refractivity contribution in [2.24, 2.45) is 0 Å². The standard InChI is InChI=1S/C44H78O13P2/c1-3-5-7-9-11-13-15-17-18-19-20-21-22-24-26-28-30-32-34-36-44(47)57-42(40-56-59(51,52)55-38-41(45)37-54-58(48,49)50)39-53-43(46)35-33-31-29-27-25-23-16-14-12-10-8-6-4-2/h11,13,17-18,20-21,24,26,30,32,41-42,45H,3-10,12,14-16,19,22-23,25,27-29,31,33-40H2,1-2H3,(H,51,52)(H2,48,49,50). The van der Waals surface area contributed by atoms with Crippen molar-refractivity contribution in [1.29, 1.82) is 0 Å². The summed E-state index contributed by atoms with van der Waals surface area (Å²) in [5.41, 5.74) is 0. The Kier molecular flexibility index (Phi) is 38.5. The summed E-state index contributed by atoms with van der Waals surface area (Å²) in [6, 6.07) is 0. The molecule has 0 aromatic carbocycles. The summed E-state index contributed by atoms with van der Waals surface area (Å²) in [4.78, 5) is 52.6. The monoisotopic (exact) mass is 876 g/mol. The number of hydrogen-bond donors (Lipinski definition) is 4. The van der Waals surface area contributed by atoms with E-state index in [0.29, 0.717) is 19.3 Å². The van der Waals surface area contributed by atoms with E-state index in [4.69, 9.17) is 23.8 Å². The SMILES string of the molecule is CCCCCC=CCC=CCC=CCC=CCC=CCCC(=O)OC(COC(=O)CCCCCCCCCCCCCCC)COP(=O)(O)OCC(O)COP(=O)(O)O. The Labute approximate surface area is 355 Å². The first-order valence-corrected chi connectivity index (χ1v) is 25.0. The summed E-state index contributed by atoms with van der Waals surface area (Å²) < 4.78 is 47.7. The molecule has 13 nitrogen and oxygen atoms in total. The van der Waals surface area contributed by atoms with E-state index in [1.54, 1.807) is 0 Å². The van der Waals surface area contributed by atoms with Crippen LogP contribution in [0.3, 0.4) is 0 Å². The average Bonchev–Trinajstić information content (AvgIpc) is 3.19. The van der Waals surface area contributed by atoms with Gasteiger partial charge in [-0.2, -0.15) is 0 Å². The van der Waals surface area contributed by atoms with Gasteiger partial charge in [0.05, 0.1) is 19.8 Å². The fraction of sp³-hybridized carbons (Fsp3) is 0.727. The lowest BCUT2D eigenvalue weighted by atomic mass is 10.0. The predicted molar refractivity (Wildman–Crippen MR) is 234 cm³/mol. The van der Waals surface area contributed by atoms with E-state index in [2.05, 4.69) is 65.4 Å². The summed E-state index contributed by atoms with van der Waals surface area (Å²) in [7, 11) is -9.69. The number of unbranched alkanes of at least 4 members (excludes halogenated alkanes) is 15. The van der Waals surface area contributed by atoms with Crippen molar-refractivity contribution >= 4 is 27.6 Å². The maximum atomic E-state index is 12.6. The molecule has 0 spiro atoms. The van der Waals surface area contributed by atoms with Crippen molar-refractivity contribution in [3.8, 4) is 0 Å². The van der Waals surface area contributed by atoms with Crippen LogP contribution in [-0.2, 0) is 41.8 Å². The number of carbonyl (C=O) groups is 2. The molecule has 0 aromatic rings. The second-order valence-corrected chi connectivity index (χ2v) is 17.3. The number of carbonyl (C=O) groups excluding carboxylic acids is 2. The van der Waals surface area contributed by atoms with Gasteiger partial charge in [-0.05, 0) is 51.4 Å². The number of aliphatic hydroxyl groups excluding tert-OH is 1. The van der Waals surface area contributed by atoms with Gasteiger partial charge in [0, 0.05) is 12.8 Å². The van der Waals surface area contributed by atoms with Crippen molar-refractivity contribution in [2.75, 3.05) is 26.4 Å². The van der Waals surface area contributed by atoms with Gasteiger partial charge in [0.2, 0.25) is 0 Å². The summed E-state index contributed by atoms with van der Waals surface area (Å²) in [6.45, 7) is 1.65. The molecule has 4 N–H and O–H groups in total. The Bertz CT molecular complexity index is 1280. The van der Waals surface area contributed by atoms with Crippen molar-refractivity contribution in [3.05, 3.63) is 60.8 Å². The average molecular weight is 877 g/mol. The number of ether oxygens (including phenoxy) is 2. The molecule has 0 saturated carbocycles. The first kappa shape index (κ1) is 56.8. The minimum absolute atomic E-state index is 0.00751. The van der Waals surface area contributed by atoms with Gasteiger partial charge in [0.25, 0.3) is 0 Å². The van der Waals surface area contributed by atoms with E-state index in [1.807, 2.05) is 18.2 Å². The van der Waals surface area contributed by atoms with E-state index in [9.17, 15) is 28.7 Å². The topological polar surface area (TPSA) is 195 Å². The molecule has 59 heavy (non-hydrogen) atoms. The van der Waals surface area contributed by atoms with Crippen LogP contribution in [0.5, 0.6) is 0 Å². The Morgan fingerprint density at radius 1 is 0.492 bits per heavy atom. The molecule has 0 amide bonds. The highest BCUT2D eigenvalue weighted by Crippen LogP contribution is 2.43. The van der Waals surface area contributed by atoms with Gasteiger partial charge in [-0.15, -0.1) is 0 Å². The van der Waals surface area contributed by atoms with Crippen molar-refractivity contribution in [3.63, 3.8) is 0 Å². The molecule has 15 heteroatoms. The third-order valence-corrected chi connectivity index (χ3v) is 10.3. The van der Waals surface area contributed by atoms with Gasteiger partial charge >= 0.3 is 27.6 Å². The van der Waals surface area contributed by atoms with E-state index >= 15 is 0 Å². The molecule has 0 fully saturated rings. The highest BCUT2D eigenvalue weighted by Gasteiger charge is 2.28. The largest absolute Gasteiger partial charge is 0.472 e. The van der Waals surface area contributed by atoms with Crippen LogP contribution >= 0.6 is 15.6 Å². The second-order valence-electron chi connectivity index (χ2n) is 14.6. The Balaban J connectivity index is 4.64. The molecule has 0 saturated heterocycles. The van der Waals surface area contributed by atoms with Crippen LogP contribution in [0.4, 0.5) is 0 Å². The summed E-state index contributed by atoms with van der Waals surface area (Å²) in [5.74, 6) is -1.13. The zero-order valence-electron chi connectivity index (χ0n) is 36.1. The van der Waals surface area contributed by atoms with Crippen molar-refractivity contribution < 1.29 is 61.6 Å². The molecule has 0 rings (SSSR count). The number of esters is 2. The maximum absolute atomic E-state index is 12.6. The lowest BCUT2D eigenvalue weighted by Crippen LogP contribution is -2.29. The van der Waals surface area contributed by atoms with E-state index < -0.39 is 66.2 Å². The van der Waals surface area contributed by atoms with Crippen LogP contribution < -0.4 is 0 Å². The number of phosphoric acid groups is 2. The fourth-order valence-electron chi connectivity index (χ4n) is 5.57. The zero-order chi connectivity index (χ0) is 43.7. The smallest absolute Gasteiger partial charge is 0.462 e. The third-order valence-electron chi connectivity index (χ3n) is 8.91. The van der Waals surface area contributed by atoms with Gasteiger partial charge in [0.15, 0.2) is 6.10 Å². The quantitative estimate of drug-likeness (QED) is 0.0196. The summed E-state index contributed by atoms with van der Waals surface area (Å²) >= 11 is 0. The molecule has 0 aromatic heterocycles. The Morgan fingerprint density at radius 2 is 0.915 bits per heavy atom. The van der Waals surface area contributed by atoms with Gasteiger partial charge in [-0.3, -0.25) is 23.2 Å². The molecule has 0 aliphatic rings. The zero-order valence-corrected chi connectivity index (χ0v) is 37.9. The number of rotatable bonds is 41. The molecule has 0 radical (unpaired) electrons. The molecule has 3 unspecified atom stereocenters. The third kappa shape index (κ3) is 43.7. The van der Waals surface area contributed by atoms with Crippen LogP contribution in [0.1, 0.15) is 168 Å². The van der Waals surface area contributed by atoms with E-state index in [1.165, 1.54) is 77.0 Å². The highest BCUT2D eigenvalue weighted by molar-refractivity contribution is 7.47. The van der Waals surface area contributed by atoms with Gasteiger partial charge in [-0.25, -0.2) is 9.13 Å². The molecule has 342 valence electrons. The van der Waals surface area contributed by atoms with Crippen LogP contribution in [0.25, 0.3) is 0 Å². The Morgan fingerprint density at radius 3 is 1.42 bits per heavy atom. The van der Waals surface area contributed by atoms with Crippen LogP contribution in [0.15, 0.2) is 60.8 Å². The molecule has 0 aliphatic carbocycles. The molecular formula is C44H78O13P2. The van der Waals surface area contributed by atoms with Crippen LogP contribution in [0.2, 0.25) is 0 Å². The first-order valence-electron chi connectivity index (χ1n) is 22.0. The number of phosphoric ester groups is 2. The lowest BCUT2D eigenvalue weighted by Gasteiger charge is -2.20. The molecular weight excluding hydrogens is 798 g/mol. The minimum Gasteiger partial charge on any atom is -0.462 e. The highest BCUT2D eigenvalue weighted by atomic mass is 31.2. The molecule has 0 bridgehead atoms. The van der Waals surface area contributed by atoms with E-state index in [0.717, 1.165) is 44.9 Å². The molecule has 0 aliphatic heterocycles. The first-order chi connectivity index (χ1) is 28.4. The van der Waals surface area contributed by atoms with E-state index in [-0.39, 0.29) is 12.8 Å².